The maximum atomic E-state index is 12.6. The highest BCUT2D eigenvalue weighted by Crippen LogP contribution is 2.33. The summed E-state index contributed by atoms with van der Waals surface area (Å²) in [7, 11) is -3.60. The highest BCUT2D eigenvalue weighted by atomic mass is 79.9. The normalized spacial score (nSPS) is 11.7. The molecule has 0 unspecified atom stereocenters. The van der Waals surface area contributed by atoms with E-state index in [0.717, 1.165) is 31.2 Å². The van der Waals surface area contributed by atoms with Crippen LogP contribution in [0.3, 0.4) is 0 Å². The van der Waals surface area contributed by atoms with Crippen LogP contribution in [0.25, 0.3) is 10.6 Å². The molecule has 0 spiro atoms. The molecule has 0 saturated heterocycles. The van der Waals surface area contributed by atoms with Crippen molar-refractivity contribution in [1.29, 1.82) is 0 Å². The number of nitrogens with zero attached hydrogens (tertiary/aromatic N) is 1. The average molecular weight is 443 g/mol. The van der Waals surface area contributed by atoms with E-state index in [1.54, 1.807) is 29.5 Å². The lowest BCUT2D eigenvalue weighted by Gasteiger charge is -2.07. The van der Waals surface area contributed by atoms with Crippen LogP contribution in [-0.2, 0) is 10.0 Å². The monoisotopic (exact) mass is 442 g/mol. The minimum absolute atomic E-state index is 0.281. The summed E-state index contributed by atoms with van der Waals surface area (Å²) in [6.45, 7) is 5.88. The molecular formula is C16H15BrN2O2S3. The maximum absolute atomic E-state index is 12.6. The molecule has 0 saturated carbocycles. The van der Waals surface area contributed by atoms with Gasteiger partial charge in [0.25, 0.3) is 10.0 Å². The molecular weight excluding hydrogens is 428 g/mol. The van der Waals surface area contributed by atoms with Gasteiger partial charge in [0.05, 0.1) is 5.69 Å². The Morgan fingerprint density at radius 1 is 1.17 bits per heavy atom. The van der Waals surface area contributed by atoms with Crippen molar-refractivity contribution in [1.82, 2.24) is 4.98 Å². The van der Waals surface area contributed by atoms with Crippen molar-refractivity contribution in [2.45, 2.75) is 25.0 Å². The van der Waals surface area contributed by atoms with Crippen LogP contribution < -0.4 is 4.72 Å². The van der Waals surface area contributed by atoms with Crippen LogP contribution in [0, 0.1) is 20.8 Å². The van der Waals surface area contributed by atoms with Crippen molar-refractivity contribution in [3.05, 3.63) is 50.3 Å². The first-order chi connectivity index (χ1) is 11.3. The summed E-state index contributed by atoms with van der Waals surface area (Å²) >= 11 is 6.18. The molecule has 1 aromatic carbocycles. The van der Waals surface area contributed by atoms with Crippen molar-refractivity contribution in [2.75, 3.05) is 4.72 Å². The third kappa shape index (κ3) is 3.56. The summed E-state index contributed by atoms with van der Waals surface area (Å²) in [6.07, 6.45) is 0. The summed E-state index contributed by atoms with van der Waals surface area (Å²) in [5.74, 6) is 0. The first-order valence-electron chi connectivity index (χ1n) is 7.08. The summed E-state index contributed by atoms with van der Waals surface area (Å²) in [6, 6.07) is 7.03. The molecule has 0 aliphatic heterocycles. The molecule has 3 aromatic rings. The molecule has 3 rings (SSSR count). The quantitative estimate of drug-likeness (QED) is 0.591. The van der Waals surface area contributed by atoms with Crippen LogP contribution in [0.2, 0.25) is 0 Å². The Labute approximate surface area is 157 Å². The molecule has 2 heterocycles. The fourth-order valence-electron chi connectivity index (χ4n) is 2.08. The van der Waals surface area contributed by atoms with E-state index in [0.29, 0.717) is 5.69 Å². The summed E-state index contributed by atoms with van der Waals surface area (Å²) in [4.78, 5) is 5.63. The van der Waals surface area contributed by atoms with Crippen molar-refractivity contribution < 1.29 is 8.42 Å². The van der Waals surface area contributed by atoms with E-state index in [1.807, 2.05) is 32.2 Å². The van der Waals surface area contributed by atoms with Crippen molar-refractivity contribution in [2.24, 2.45) is 0 Å². The number of hydrogen-bond acceptors (Lipinski definition) is 5. The average Bonchev–Trinajstić information content (AvgIpc) is 3.11. The summed E-state index contributed by atoms with van der Waals surface area (Å²) in [5, 5.41) is 2.68. The van der Waals surface area contributed by atoms with Gasteiger partial charge in [0.15, 0.2) is 0 Å². The minimum Gasteiger partial charge on any atom is -0.279 e. The van der Waals surface area contributed by atoms with Gasteiger partial charge in [-0.05, 0) is 50.6 Å². The molecule has 0 bridgehead atoms. The van der Waals surface area contributed by atoms with Crippen LogP contribution in [0.1, 0.15) is 16.1 Å². The van der Waals surface area contributed by atoms with Crippen LogP contribution in [0.5, 0.6) is 0 Å². The number of anilines is 1. The molecule has 0 fully saturated rings. The second-order valence-electron chi connectivity index (χ2n) is 5.38. The van der Waals surface area contributed by atoms with Crippen LogP contribution in [0.15, 0.2) is 38.3 Å². The molecule has 2 aromatic heterocycles. The lowest BCUT2D eigenvalue weighted by molar-refractivity contribution is 0.603. The first-order valence-corrected chi connectivity index (χ1v) is 11.1. The van der Waals surface area contributed by atoms with E-state index >= 15 is 0 Å². The van der Waals surface area contributed by atoms with Gasteiger partial charge in [0.2, 0.25) is 0 Å². The molecule has 24 heavy (non-hydrogen) atoms. The van der Waals surface area contributed by atoms with Gasteiger partial charge in [0, 0.05) is 26.0 Å². The Morgan fingerprint density at radius 2 is 1.92 bits per heavy atom. The number of benzene rings is 1. The smallest absolute Gasteiger partial charge is 0.271 e. The number of sulfonamides is 1. The van der Waals surface area contributed by atoms with Crippen LogP contribution >= 0.6 is 38.6 Å². The van der Waals surface area contributed by atoms with E-state index in [1.165, 1.54) is 11.3 Å². The van der Waals surface area contributed by atoms with Gasteiger partial charge < -0.3 is 0 Å². The highest BCUT2D eigenvalue weighted by Gasteiger charge is 2.19. The van der Waals surface area contributed by atoms with Gasteiger partial charge in [-0.2, -0.15) is 0 Å². The standard InChI is InChI=1S/C16H15BrN2O2S3/c1-9-6-13(4-5-14(9)17)19-24(20,21)15-7-12(8-22-15)16-18-10(2)11(3)23-16/h4-8,19H,1-3H3. The predicted molar refractivity (Wildman–Crippen MR) is 105 cm³/mol. The number of aromatic nitrogens is 1. The number of hydrogen-bond donors (Lipinski definition) is 1. The molecule has 126 valence electrons. The number of aryl methyl sites for hydroxylation is 3. The van der Waals surface area contributed by atoms with Crippen LogP contribution in [0.4, 0.5) is 5.69 Å². The number of halogens is 1. The topological polar surface area (TPSA) is 59.1 Å². The largest absolute Gasteiger partial charge is 0.279 e. The van der Waals surface area contributed by atoms with Crippen molar-refractivity contribution in [3.63, 3.8) is 0 Å². The number of thiazole rings is 1. The Hall–Kier alpha value is -1.22. The summed E-state index contributed by atoms with van der Waals surface area (Å²) < 4.78 is 29.0. The third-order valence-corrected chi connectivity index (χ3v) is 8.36. The second kappa shape index (κ2) is 6.59. The molecule has 0 aliphatic rings. The van der Waals surface area contributed by atoms with Crippen molar-refractivity contribution in [3.8, 4) is 10.6 Å². The lowest BCUT2D eigenvalue weighted by Crippen LogP contribution is -2.11. The molecule has 4 nitrogen and oxygen atoms in total. The minimum atomic E-state index is -3.60. The molecule has 0 amide bonds. The lowest BCUT2D eigenvalue weighted by atomic mass is 10.2. The van der Waals surface area contributed by atoms with Crippen LogP contribution in [-0.4, -0.2) is 13.4 Å². The number of thiophene rings is 1. The molecule has 8 heteroatoms. The van der Waals surface area contributed by atoms with E-state index in [-0.39, 0.29) is 4.21 Å². The van der Waals surface area contributed by atoms with Gasteiger partial charge in [-0.15, -0.1) is 22.7 Å². The van der Waals surface area contributed by atoms with E-state index in [9.17, 15) is 8.42 Å². The molecule has 0 radical (unpaired) electrons. The number of rotatable bonds is 4. The fourth-order valence-corrected chi connectivity index (χ4v) is 5.52. The van der Waals surface area contributed by atoms with Gasteiger partial charge in [-0.25, -0.2) is 13.4 Å². The highest BCUT2D eigenvalue weighted by molar-refractivity contribution is 9.10. The number of nitrogens with one attached hydrogen (secondary N) is 1. The van der Waals surface area contributed by atoms with Gasteiger partial charge in [-0.1, -0.05) is 15.9 Å². The van der Waals surface area contributed by atoms with Gasteiger partial charge in [0.1, 0.15) is 9.22 Å². The third-order valence-electron chi connectivity index (χ3n) is 3.53. The van der Waals surface area contributed by atoms with E-state index in [2.05, 4.69) is 25.6 Å². The molecule has 0 atom stereocenters. The zero-order chi connectivity index (χ0) is 17.5. The SMILES string of the molecule is Cc1cc(NS(=O)(=O)c2cc(-c3nc(C)c(C)s3)cs2)ccc1Br. The first kappa shape index (κ1) is 17.6. The van der Waals surface area contributed by atoms with Gasteiger partial charge in [-0.3, -0.25) is 4.72 Å². The Morgan fingerprint density at radius 3 is 2.54 bits per heavy atom. The molecule has 1 N–H and O–H groups in total. The zero-order valence-electron chi connectivity index (χ0n) is 13.3. The fraction of sp³-hybridized carbons (Fsp3) is 0.188. The zero-order valence-corrected chi connectivity index (χ0v) is 17.3. The maximum Gasteiger partial charge on any atom is 0.271 e. The van der Waals surface area contributed by atoms with E-state index in [4.69, 9.17) is 0 Å². The van der Waals surface area contributed by atoms with E-state index < -0.39 is 10.0 Å². The predicted octanol–water partition coefficient (Wildman–Crippen LogP) is 5.36. The summed E-state index contributed by atoms with van der Waals surface area (Å²) in [5.41, 5.74) is 3.34. The Bertz CT molecular complexity index is 987. The van der Waals surface area contributed by atoms with Gasteiger partial charge >= 0.3 is 0 Å². The Kier molecular flexibility index (Phi) is 4.83. The Balaban J connectivity index is 1.89. The second-order valence-corrected chi connectivity index (χ2v) is 10.3. The molecule has 0 aliphatic carbocycles. The van der Waals surface area contributed by atoms with Crippen molar-refractivity contribution >= 4 is 54.3 Å².